The first-order valence-electron chi connectivity index (χ1n) is 17.6. The van der Waals surface area contributed by atoms with Crippen LogP contribution in [0.25, 0.3) is 0 Å². The zero-order chi connectivity index (χ0) is 39.9. The molecule has 0 aromatic heterocycles. The Labute approximate surface area is 311 Å². The van der Waals surface area contributed by atoms with Gasteiger partial charge in [0, 0.05) is 0 Å². The molecule has 6 heterocycles. The summed E-state index contributed by atoms with van der Waals surface area (Å²) in [6.07, 6.45) is -36.9. The summed E-state index contributed by atoms with van der Waals surface area (Å²) >= 11 is 0. The summed E-state index contributed by atoms with van der Waals surface area (Å²) in [6.45, 7) is -4.00. The van der Waals surface area contributed by atoms with Gasteiger partial charge in [0.1, 0.15) is 110 Å². The van der Waals surface area contributed by atoms with Gasteiger partial charge in [-0.2, -0.15) is 0 Å². The molecule has 6 fully saturated rings. The third-order valence-corrected chi connectivity index (χ3v) is 10.3. The third-order valence-electron chi connectivity index (χ3n) is 10.3. The minimum Gasteiger partial charge on any atom is -0.394 e. The Morgan fingerprint density at radius 3 is 1.16 bits per heavy atom. The Hall–Kier alpha value is -1.00. The first kappa shape index (κ1) is 43.6. The minimum atomic E-state index is -1.77. The van der Waals surface area contributed by atoms with Crippen LogP contribution in [0.15, 0.2) is 0 Å². The molecule has 25 nitrogen and oxygen atoms in total. The van der Waals surface area contributed by atoms with E-state index in [0.717, 1.165) is 0 Å². The van der Waals surface area contributed by atoms with E-state index < -0.39 is 187 Å². The van der Waals surface area contributed by atoms with Crippen LogP contribution in [-0.2, 0) is 52.1 Å². The molecular weight excluding hydrogens is 760 g/mol. The highest BCUT2D eigenvalue weighted by molar-refractivity contribution is 4.97. The van der Waals surface area contributed by atoms with E-state index in [1.807, 2.05) is 0 Å². The lowest BCUT2D eigenvalue weighted by Gasteiger charge is -2.30. The summed E-state index contributed by atoms with van der Waals surface area (Å²) in [5.41, 5.74) is 0. The van der Waals surface area contributed by atoms with Gasteiger partial charge in [0.15, 0.2) is 37.7 Å². The van der Waals surface area contributed by atoms with Crippen molar-refractivity contribution in [2.45, 2.75) is 148 Å². The summed E-state index contributed by atoms with van der Waals surface area (Å²) in [6, 6.07) is 0. The lowest BCUT2D eigenvalue weighted by molar-refractivity contribution is -0.270. The van der Waals surface area contributed by atoms with Gasteiger partial charge >= 0.3 is 0 Å². The van der Waals surface area contributed by atoms with E-state index in [-0.39, 0.29) is 0 Å². The van der Waals surface area contributed by atoms with Crippen LogP contribution in [0.2, 0.25) is 0 Å². The van der Waals surface area contributed by atoms with Gasteiger partial charge in [-0.1, -0.05) is 0 Å². The number of hydrogen-bond acceptors (Lipinski definition) is 25. The smallest absolute Gasteiger partial charge is 0.187 e. The van der Waals surface area contributed by atoms with Crippen molar-refractivity contribution in [2.75, 3.05) is 39.6 Å². The van der Waals surface area contributed by atoms with E-state index in [9.17, 15) is 71.5 Å². The molecule has 0 bridgehead atoms. The third kappa shape index (κ3) is 8.82. The van der Waals surface area contributed by atoms with Gasteiger partial charge in [0.05, 0.1) is 39.6 Å². The van der Waals surface area contributed by atoms with Crippen LogP contribution in [0.5, 0.6) is 0 Å². The second-order valence-electron chi connectivity index (χ2n) is 13.9. The fraction of sp³-hybridized carbons (Fsp3) is 1.00. The number of aliphatic hydroxyl groups is 14. The fourth-order valence-electron chi connectivity index (χ4n) is 7.05. The Morgan fingerprint density at radius 2 is 0.691 bits per heavy atom. The molecule has 6 saturated heterocycles. The SMILES string of the molecule is OC[C@H]1O[C@@H](O[C@@H]2[C@@H](OC[C@H]3O[C@H](OC[C@H]4O[C@H](O)[C@@H](O)[C@@H]4O)[C@@H](O)[C@@H]3O[C@H]3O[C@H](CO)[C@@H](O)[C@@H]3O[C@@H]3O[C@H](CO)[C@@H](O)[C@@H]3O)O[C@H](CO)[C@H]2O)[C@@H](O)[C@@H]1O. The summed E-state index contributed by atoms with van der Waals surface area (Å²) < 4.78 is 61.7. The van der Waals surface area contributed by atoms with Crippen molar-refractivity contribution in [3.8, 4) is 0 Å². The van der Waals surface area contributed by atoms with Crippen LogP contribution in [0.4, 0.5) is 0 Å². The lowest BCUT2D eigenvalue weighted by atomic mass is 10.1. The first-order chi connectivity index (χ1) is 26.2. The standard InChI is InChI=1S/C30H50O25/c31-1-7-13(35)19(41)27(48-7)54-23-16(38)9(3-33)50-29(23)46-6-12-22(21(43)26(52-12)45-5-11-15(37)18(40)25(44)47-11)53-30-24(17(39)10(4-34)51-30)55-28-20(42)14(36)8(2-32)49-28/h7-44H,1-6H2/t7-,8-,9-,10-,11-,12-,13-,14-,15-,16-,17-,18+,19+,20+,21+,22-,23+,24+,25+,26+,27+,28+,29+,30-/m1/s1. The molecule has 0 radical (unpaired) electrons. The summed E-state index contributed by atoms with van der Waals surface area (Å²) in [4.78, 5) is 0. The molecule has 320 valence electrons. The van der Waals surface area contributed by atoms with Crippen molar-refractivity contribution in [1.29, 1.82) is 0 Å². The van der Waals surface area contributed by atoms with Crippen molar-refractivity contribution in [1.82, 2.24) is 0 Å². The average molecular weight is 811 g/mol. The number of rotatable bonds is 16. The quantitative estimate of drug-likeness (QED) is 0.0688. The maximum Gasteiger partial charge on any atom is 0.187 e. The minimum absolute atomic E-state index is 0.546. The Bertz CT molecular complexity index is 1210. The van der Waals surface area contributed by atoms with Crippen LogP contribution in [0, 0.1) is 0 Å². The maximum absolute atomic E-state index is 11.4. The lowest BCUT2D eigenvalue weighted by Crippen LogP contribution is -2.48. The van der Waals surface area contributed by atoms with Gasteiger partial charge < -0.3 is 124 Å². The molecule has 0 spiro atoms. The van der Waals surface area contributed by atoms with Crippen LogP contribution >= 0.6 is 0 Å². The van der Waals surface area contributed by atoms with Crippen LogP contribution in [0.3, 0.4) is 0 Å². The van der Waals surface area contributed by atoms with Crippen molar-refractivity contribution in [3.05, 3.63) is 0 Å². The van der Waals surface area contributed by atoms with E-state index >= 15 is 0 Å². The van der Waals surface area contributed by atoms with Crippen molar-refractivity contribution >= 4 is 0 Å². The predicted molar refractivity (Wildman–Crippen MR) is 163 cm³/mol. The van der Waals surface area contributed by atoms with Gasteiger partial charge in [-0.05, 0) is 0 Å². The highest BCUT2D eigenvalue weighted by Crippen LogP contribution is 2.36. The van der Waals surface area contributed by atoms with Crippen LogP contribution in [-0.4, -0.2) is 259 Å². The van der Waals surface area contributed by atoms with Gasteiger partial charge in [-0.3, -0.25) is 0 Å². The largest absolute Gasteiger partial charge is 0.394 e. The molecule has 24 atom stereocenters. The van der Waals surface area contributed by atoms with E-state index in [1.54, 1.807) is 0 Å². The molecule has 25 heteroatoms. The van der Waals surface area contributed by atoms with E-state index in [1.165, 1.54) is 0 Å². The maximum atomic E-state index is 11.4. The molecule has 0 aromatic rings. The summed E-state index contributed by atoms with van der Waals surface area (Å²) in [5.74, 6) is 0. The highest BCUT2D eigenvalue weighted by Gasteiger charge is 2.56. The molecule has 0 aromatic carbocycles. The van der Waals surface area contributed by atoms with Gasteiger partial charge in [-0.25, -0.2) is 0 Å². The van der Waals surface area contributed by atoms with Gasteiger partial charge in [-0.15, -0.1) is 0 Å². The first-order valence-corrected chi connectivity index (χ1v) is 17.6. The van der Waals surface area contributed by atoms with Crippen molar-refractivity contribution < 1.29 is 124 Å². The Balaban J connectivity index is 1.18. The predicted octanol–water partition coefficient (Wildman–Crippen LogP) is -10.3. The monoisotopic (exact) mass is 810 g/mol. The van der Waals surface area contributed by atoms with E-state index in [0.29, 0.717) is 0 Å². The number of aliphatic hydroxyl groups excluding tert-OH is 14. The molecule has 14 N–H and O–H groups in total. The molecule has 0 saturated carbocycles. The Kier molecular flexibility index (Phi) is 14.7. The molecule has 6 aliphatic rings. The van der Waals surface area contributed by atoms with Crippen LogP contribution < -0.4 is 0 Å². The molecular formula is C30H50O25. The molecule has 6 aliphatic heterocycles. The molecule has 6 rings (SSSR count). The van der Waals surface area contributed by atoms with Crippen molar-refractivity contribution in [3.63, 3.8) is 0 Å². The van der Waals surface area contributed by atoms with Crippen LogP contribution in [0.1, 0.15) is 0 Å². The van der Waals surface area contributed by atoms with Gasteiger partial charge in [0.25, 0.3) is 0 Å². The summed E-state index contributed by atoms with van der Waals surface area (Å²) in [7, 11) is 0. The molecule has 55 heavy (non-hydrogen) atoms. The van der Waals surface area contributed by atoms with Crippen molar-refractivity contribution in [2.24, 2.45) is 0 Å². The fourth-order valence-corrected chi connectivity index (χ4v) is 7.05. The average Bonchev–Trinajstić information content (AvgIpc) is 3.96. The zero-order valence-electron chi connectivity index (χ0n) is 28.9. The zero-order valence-corrected chi connectivity index (χ0v) is 28.9. The molecule has 0 unspecified atom stereocenters. The summed E-state index contributed by atoms with van der Waals surface area (Å²) in [5, 5.41) is 143. The van der Waals surface area contributed by atoms with E-state index in [4.69, 9.17) is 52.1 Å². The van der Waals surface area contributed by atoms with Gasteiger partial charge in [0.2, 0.25) is 0 Å². The molecule has 0 amide bonds. The Morgan fingerprint density at radius 1 is 0.309 bits per heavy atom. The molecule has 0 aliphatic carbocycles. The topological polar surface area (TPSA) is 385 Å². The van der Waals surface area contributed by atoms with E-state index in [2.05, 4.69) is 0 Å². The highest BCUT2D eigenvalue weighted by atomic mass is 16.8. The second kappa shape index (κ2) is 18.5. The normalized spacial score (nSPS) is 52.9. The number of ether oxygens (including phenoxy) is 11. The number of hydrogen-bond donors (Lipinski definition) is 14. The second-order valence-corrected chi connectivity index (χ2v) is 13.9.